The number of benzene rings is 1. The van der Waals surface area contributed by atoms with Gasteiger partial charge in [0.15, 0.2) is 0 Å². The van der Waals surface area contributed by atoms with Gasteiger partial charge in [-0.25, -0.2) is 0 Å². The molecule has 8 nitrogen and oxygen atoms in total. The van der Waals surface area contributed by atoms with Gasteiger partial charge in [-0.05, 0) is 29.6 Å². The van der Waals surface area contributed by atoms with Gasteiger partial charge in [0, 0.05) is 5.56 Å². The molecule has 1 aromatic carbocycles. The van der Waals surface area contributed by atoms with Crippen LogP contribution in [0.4, 0.5) is 0 Å². The number of hydrogen-bond donors (Lipinski definition) is 4. The fourth-order valence-electron chi connectivity index (χ4n) is 1.91. The summed E-state index contributed by atoms with van der Waals surface area (Å²) in [7, 11) is 0. The van der Waals surface area contributed by atoms with Crippen molar-refractivity contribution in [1.82, 2.24) is 20.8 Å². The van der Waals surface area contributed by atoms with E-state index in [1.165, 1.54) is 29.5 Å². The molecule has 0 aliphatic carbocycles. The van der Waals surface area contributed by atoms with Crippen LogP contribution >= 0.6 is 11.3 Å². The lowest BCUT2D eigenvalue weighted by Gasteiger charge is -2.07. The quantitative estimate of drug-likeness (QED) is 0.400. The third kappa shape index (κ3) is 3.04. The fourth-order valence-corrected chi connectivity index (χ4v) is 2.53. The molecular formula is C14H10N4O4S. The highest BCUT2D eigenvalue weighted by atomic mass is 32.1. The molecule has 0 fully saturated rings. The highest BCUT2D eigenvalue weighted by Crippen LogP contribution is 2.09. The van der Waals surface area contributed by atoms with E-state index < -0.39 is 22.9 Å². The Balaban J connectivity index is 1.78. The first kappa shape index (κ1) is 14.7. The third-order valence-corrected chi connectivity index (χ3v) is 3.89. The zero-order valence-corrected chi connectivity index (χ0v) is 12.3. The van der Waals surface area contributed by atoms with Crippen LogP contribution < -0.4 is 22.0 Å². The molecule has 0 aliphatic heterocycles. The van der Waals surface area contributed by atoms with E-state index in [4.69, 9.17) is 0 Å². The minimum Gasteiger partial charge on any atom is -0.316 e. The number of hydrogen-bond acceptors (Lipinski definition) is 5. The lowest BCUT2D eigenvalue weighted by Crippen LogP contribution is -2.41. The van der Waals surface area contributed by atoms with E-state index in [1.807, 2.05) is 0 Å². The van der Waals surface area contributed by atoms with Gasteiger partial charge in [0.1, 0.15) is 0 Å². The normalized spacial score (nSPS) is 10.4. The second kappa shape index (κ2) is 5.89. The molecule has 0 saturated heterocycles. The number of aromatic nitrogens is 2. The van der Waals surface area contributed by atoms with Crippen LogP contribution in [-0.2, 0) is 0 Å². The average Bonchev–Trinajstić information content (AvgIpc) is 3.07. The van der Waals surface area contributed by atoms with Gasteiger partial charge in [-0.15, -0.1) is 11.3 Å². The Hall–Kier alpha value is -3.20. The first-order chi connectivity index (χ1) is 11.0. The number of amides is 2. The number of nitrogens with one attached hydrogen (secondary N) is 4. The summed E-state index contributed by atoms with van der Waals surface area (Å²) in [6.07, 6.45) is 0. The number of carbonyl (C=O) groups is 2. The Morgan fingerprint density at radius 2 is 1.61 bits per heavy atom. The standard InChI is InChI=1S/C14H10N4O4S/c19-11(17-18-12(20)10-2-1-5-23-10)7-3-4-8-9(6-7)16-14(22)13(21)15-8/h1-6H,(H,15,21)(H,16,22)(H,17,19)(H,18,20). The van der Waals surface area contributed by atoms with Crippen LogP contribution in [0.3, 0.4) is 0 Å². The Kier molecular flexibility index (Phi) is 3.77. The van der Waals surface area contributed by atoms with Crippen LogP contribution in [0, 0.1) is 0 Å². The van der Waals surface area contributed by atoms with Crippen LogP contribution in [0.15, 0.2) is 45.3 Å². The minimum atomic E-state index is -0.805. The van der Waals surface area contributed by atoms with E-state index in [1.54, 1.807) is 17.5 Å². The number of rotatable bonds is 2. The summed E-state index contributed by atoms with van der Waals surface area (Å²) in [6.45, 7) is 0. The molecule has 0 bridgehead atoms. The Labute approximate surface area is 132 Å². The van der Waals surface area contributed by atoms with Crippen molar-refractivity contribution in [2.75, 3.05) is 0 Å². The molecule has 2 heterocycles. The summed E-state index contributed by atoms with van der Waals surface area (Å²) in [5.41, 5.74) is 3.93. The molecule has 23 heavy (non-hydrogen) atoms. The number of H-pyrrole nitrogens is 2. The topological polar surface area (TPSA) is 124 Å². The molecule has 0 aliphatic rings. The van der Waals surface area contributed by atoms with Crippen LogP contribution in [-0.4, -0.2) is 21.8 Å². The molecule has 116 valence electrons. The van der Waals surface area contributed by atoms with Crippen molar-refractivity contribution in [3.8, 4) is 0 Å². The van der Waals surface area contributed by atoms with E-state index in [2.05, 4.69) is 20.8 Å². The van der Waals surface area contributed by atoms with Crippen LogP contribution in [0.5, 0.6) is 0 Å². The number of hydrazine groups is 1. The van der Waals surface area contributed by atoms with Crippen LogP contribution in [0.2, 0.25) is 0 Å². The number of aromatic amines is 2. The van der Waals surface area contributed by atoms with E-state index in [0.717, 1.165) is 0 Å². The molecule has 9 heteroatoms. The molecule has 0 atom stereocenters. The van der Waals surface area contributed by atoms with Crippen LogP contribution in [0.1, 0.15) is 20.0 Å². The smallest absolute Gasteiger partial charge is 0.314 e. The number of carbonyl (C=O) groups excluding carboxylic acids is 2. The van der Waals surface area contributed by atoms with Crippen molar-refractivity contribution in [2.24, 2.45) is 0 Å². The Morgan fingerprint density at radius 3 is 2.30 bits per heavy atom. The van der Waals surface area contributed by atoms with Gasteiger partial charge in [0.05, 0.1) is 15.9 Å². The largest absolute Gasteiger partial charge is 0.316 e. The first-order valence-corrected chi connectivity index (χ1v) is 7.33. The molecule has 0 spiro atoms. The highest BCUT2D eigenvalue weighted by Gasteiger charge is 2.11. The first-order valence-electron chi connectivity index (χ1n) is 6.45. The average molecular weight is 330 g/mol. The second-order valence-corrected chi connectivity index (χ2v) is 5.50. The van der Waals surface area contributed by atoms with Gasteiger partial charge in [0.2, 0.25) is 0 Å². The Morgan fingerprint density at radius 1 is 0.913 bits per heavy atom. The predicted molar refractivity (Wildman–Crippen MR) is 84.4 cm³/mol. The SMILES string of the molecule is O=C(NNC(=O)c1cccs1)c1ccc2[nH]c(=O)c(=O)[nH]c2c1. The summed E-state index contributed by atoms with van der Waals surface area (Å²) in [6, 6.07) is 7.70. The van der Waals surface area contributed by atoms with Gasteiger partial charge in [-0.1, -0.05) is 6.07 Å². The maximum atomic E-state index is 12.0. The monoisotopic (exact) mass is 330 g/mol. The van der Waals surface area contributed by atoms with Crippen molar-refractivity contribution in [3.63, 3.8) is 0 Å². The molecule has 2 aromatic heterocycles. The maximum absolute atomic E-state index is 12.0. The maximum Gasteiger partial charge on any atom is 0.314 e. The lowest BCUT2D eigenvalue weighted by atomic mass is 10.2. The summed E-state index contributed by atoms with van der Waals surface area (Å²) < 4.78 is 0. The van der Waals surface area contributed by atoms with Crippen LogP contribution in [0.25, 0.3) is 11.0 Å². The Bertz CT molecular complexity index is 1000. The van der Waals surface area contributed by atoms with Gasteiger partial charge < -0.3 is 9.97 Å². The molecule has 3 aromatic rings. The zero-order valence-electron chi connectivity index (χ0n) is 11.5. The molecule has 0 unspecified atom stereocenters. The number of thiophene rings is 1. The molecule has 2 amide bonds. The summed E-state index contributed by atoms with van der Waals surface area (Å²) in [4.78, 5) is 51.5. The molecule has 4 N–H and O–H groups in total. The fraction of sp³-hybridized carbons (Fsp3) is 0. The van der Waals surface area contributed by atoms with E-state index in [0.29, 0.717) is 15.9 Å². The molecule has 0 saturated carbocycles. The van der Waals surface area contributed by atoms with Crippen molar-refractivity contribution in [2.45, 2.75) is 0 Å². The van der Waals surface area contributed by atoms with Crippen molar-refractivity contribution >= 4 is 34.2 Å². The molecular weight excluding hydrogens is 320 g/mol. The van der Waals surface area contributed by atoms with Gasteiger partial charge >= 0.3 is 11.1 Å². The third-order valence-electron chi connectivity index (χ3n) is 3.02. The van der Waals surface area contributed by atoms with Crippen molar-refractivity contribution in [1.29, 1.82) is 0 Å². The van der Waals surface area contributed by atoms with Gasteiger partial charge in [-0.2, -0.15) is 0 Å². The van der Waals surface area contributed by atoms with E-state index in [-0.39, 0.29) is 5.56 Å². The molecule has 0 radical (unpaired) electrons. The van der Waals surface area contributed by atoms with E-state index >= 15 is 0 Å². The van der Waals surface area contributed by atoms with Gasteiger partial charge in [0.25, 0.3) is 11.8 Å². The summed E-state index contributed by atoms with van der Waals surface area (Å²) in [5.74, 6) is -0.976. The lowest BCUT2D eigenvalue weighted by molar-refractivity contribution is 0.0849. The highest BCUT2D eigenvalue weighted by molar-refractivity contribution is 7.12. The van der Waals surface area contributed by atoms with Crippen molar-refractivity contribution in [3.05, 3.63) is 66.9 Å². The second-order valence-electron chi connectivity index (χ2n) is 4.55. The minimum absolute atomic E-state index is 0.215. The predicted octanol–water partition coefficient (Wildman–Crippen LogP) is 0.353. The number of fused-ring (bicyclic) bond motifs is 1. The van der Waals surface area contributed by atoms with E-state index in [9.17, 15) is 19.2 Å². The van der Waals surface area contributed by atoms with Gasteiger partial charge in [-0.3, -0.25) is 30.0 Å². The summed E-state index contributed by atoms with van der Waals surface area (Å²) >= 11 is 1.25. The van der Waals surface area contributed by atoms with Crippen molar-refractivity contribution < 1.29 is 9.59 Å². The summed E-state index contributed by atoms with van der Waals surface area (Å²) in [5, 5.41) is 1.75. The molecule has 3 rings (SSSR count). The zero-order chi connectivity index (χ0) is 16.4.